The third-order valence-electron chi connectivity index (χ3n) is 2.29. The Labute approximate surface area is 110 Å². The van der Waals surface area contributed by atoms with Crippen LogP contribution in [-0.4, -0.2) is 20.1 Å². The number of rotatable bonds is 2. The molecule has 0 radical (unpaired) electrons. The number of hydrogen-bond donors (Lipinski definition) is 1. The van der Waals surface area contributed by atoms with Crippen LogP contribution >= 0.6 is 11.6 Å². The van der Waals surface area contributed by atoms with Crippen LogP contribution in [0, 0.1) is 0 Å². The maximum absolute atomic E-state index is 12.3. The number of nitrogens with zero attached hydrogens (tertiary/aromatic N) is 3. The lowest BCUT2D eigenvalue weighted by atomic mass is 10.1. The first-order valence-electron chi connectivity index (χ1n) is 5.06. The summed E-state index contributed by atoms with van der Waals surface area (Å²) >= 11 is 5.90. The van der Waals surface area contributed by atoms with Crippen molar-refractivity contribution in [2.45, 2.75) is 12.8 Å². The summed E-state index contributed by atoms with van der Waals surface area (Å²) in [5.74, 6) is -1.22. The van der Waals surface area contributed by atoms with Crippen LogP contribution in [0.2, 0.25) is 5.02 Å². The van der Waals surface area contributed by atoms with Gasteiger partial charge in [0.05, 0.1) is 17.3 Å². The molecule has 0 aliphatic carbocycles. The van der Waals surface area contributed by atoms with Gasteiger partial charge in [-0.2, -0.15) is 13.2 Å². The Hall–Kier alpha value is -1.73. The molecule has 0 unspecified atom stereocenters. The zero-order valence-corrected chi connectivity index (χ0v) is 10.1. The van der Waals surface area contributed by atoms with Crippen molar-refractivity contribution in [3.8, 4) is 11.1 Å². The molecule has 4 nitrogen and oxygen atoms in total. The monoisotopic (exact) mass is 289 g/mol. The highest BCUT2D eigenvalue weighted by atomic mass is 35.5. The topological polar surface area (TPSA) is 58.9 Å². The van der Waals surface area contributed by atoms with Crippen LogP contribution in [-0.2, 0) is 12.8 Å². The number of hydrogen-bond acceptors (Lipinski definition) is 4. The van der Waals surface area contributed by atoms with Crippen LogP contribution in [0.5, 0.6) is 0 Å². The van der Waals surface area contributed by atoms with Gasteiger partial charge >= 0.3 is 6.18 Å². The maximum Gasteiger partial charge on any atom is 0.451 e. The van der Waals surface area contributed by atoms with Crippen LogP contribution in [0.4, 0.5) is 13.2 Å². The number of aliphatic hydroxyl groups excluding tert-OH is 1. The molecule has 0 aromatic carbocycles. The summed E-state index contributed by atoms with van der Waals surface area (Å²) < 4.78 is 37.0. The van der Waals surface area contributed by atoms with Crippen LogP contribution < -0.4 is 0 Å². The lowest BCUT2D eigenvalue weighted by Gasteiger charge is -2.07. The van der Waals surface area contributed by atoms with E-state index in [2.05, 4.69) is 15.0 Å². The van der Waals surface area contributed by atoms with E-state index in [-0.39, 0.29) is 11.6 Å². The largest absolute Gasteiger partial charge is 0.451 e. The van der Waals surface area contributed by atoms with Crippen LogP contribution in [0.25, 0.3) is 11.1 Å². The van der Waals surface area contributed by atoms with Gasteiger partial charge in [0.25, 0.3) is 0 Å². The highest BCUT2D eigenvalue weighted by Crippen LogP contribution is 2.29. The Kier molecular flexibility index (Phi) is 3.68. The van der Waals surface area contributed by atoms with E-state index >= 15 is 0 Å². The van der Waals surface area contributed by atoms with Crippen molar-refractivity contribution in [2.24, 2.45) is 0 Å². The molecule has 2 aromatic heterocycles. The van der Waals surface area contributed by atoms with Crippen molar-refractivity contribution < 1.29 is 18.3 Å². The van der Waals surface area contributed by atoms with Gasteiger partial charge in [0.15, 0.2) is 0 Å². The summed E-state index contributed by atoms with van der Waals surface area (Å²) in [7, 11) is 0. The zero-order chi connectivity index (χ0) is 14.0. The smallest absolute Gasteiger partial charge is 0.390 e. The molecule has 0 aliphatic rings. The van der Waals surface area contributed by atoms with E-state index in [0.717, 1.165) is 12.4 Å². The van der Waals surface area contributed by atoms with Gasteiger partial charge in [0.1, 0.15) is 0 Å². The van der Waals surface area contributed by atoms with Crippen LogP contribution in [0.1, 0.15) is 11.5 Å². The van der Waals surface area contributed by atoms with Crippen molar-refractivity contribution in [1.29, 1.82) is 0 Å². The fourth-order valence-electron chi connectivity index (χ4n) is 1.40. The van der Waals surface area contributed by atoms with Crippen LogP contribution in [0.15, 0.2) is 24.7 Å². The minimum atomic E-state index is -4.59. The number of aliphatic hydroxyl groups is 1. The van der Waals surface area contributed by atoms with Crippen molar-refractivity contribution in [2.75, 3.05) is 0 Å². The highest BCUT2D eigenvalue weighted by Gasteiger charge is 2.34. The van der Waals surface area contributed by atoms with E-state index in [1.54, 1.807) is 0 Å². The van der Waals surface area contributed by atoms with Crippen LogP contribution in [0.3, 0.4) is 0 Å². The standard InChI is InChI=1S/C11H7ClF3N3O/c12-9-4-16-7(5-19)1-8(9)6-2-17-10(18-3-6)11(13,14)15/h1-4,19H,5H2. The molecule has 0 spiro atoms. The van der Waals surface area contributed by atoms with Gasteiger partial charge in [-0.15, -0.1) is 0 Å². The van der Waals surface area contributed by atoms with E-state index < -0.39 is 12.0 Å². The Morgan fingerprint density at radius 1 is 1.11 bits per heavy atom. The lowest BCUT2D eigenvalue weighted by Crippen LogP contribution is -2.10. The molecule has 8 heteroatoms. The summed E-state index contributed by atoms with van der Waals surface area (Å²) in [6, 6.07) is 1.47. The fraction of sp³-hybridized carbons (Fsp3) is 0.182. The molecule has 1 N–H and O–H groups in total. The van der Waals surface area contributed by atoms with Gasteiger partial charge in [-0.1, -0.05) is 11.6 Å². The lowest BCUT2D eigenvalue weighted by molar-refractivity contribution is -0.144. The molecule has 0 aliphatic heterocycles. The molecule has 2 aromatic rings. The maximum atomic E-state index is 12.3. The summed E-state index contributed by atoms with van der Waals surface area (Å²) in [4.78, 5) is 10.3. The Bertz CT molecular complexity index is 587. The minimum Gasteiger partial charge on any atom is -0.390 e. The Morgan fingerprint density at radius 3 is 2.26 bits per heavy atom. The average molecular weight is 290 g/mol. The summed E-state index contributed by atoms with van der Waals surface area (Å²) in [5, 5.41) is 9.20. The first-order valence-corrected chi connectivity index (χ1v) is 5.44. The normalized spacial score (nSPS) is 11.6. The molecular weight excluding hydrogens is 283 g/mol. The van der Waals surface area contributed by atoms with Crippen molar-refractivity contribution in [3.63, 3.8) is 0 Å². The molecule has 2 heterocycles. The molecule has 0 saturated heterocycles. The van der Waals surface area contributed by atoms with Gasteiger partial charge in [-0.05, 0) is 6.07 Å². The third kappa shape index (κ3) is 2.99. The number of halogens is 4. The molecule has 19 heavy (non-hydrogen) atoms. The van der Waals surface area contributed by atoms with Gasteiger partial charge < -0.3 is 5.11 Å². The first-order chi connectivity index (χ1) is 8.91. The van der Waals surface area contributed by atoms with Crippen molar-refractivity contribution >= 4 is 11.6 Å². The predicted octanol–water partition coefficient (Wildman–Crippen LogP) is 2.70. The van der Waals surface area contributed by atoms with Crippen molar-refractivity contribution in [1.82, 2.24) is 15.0 Å². The SMILES string of the molecule is OCc1cc(-c2cnc(C(F)(F)F)nc2)c(Cl)cn1. The summed E-state index contributed by atoms with van der Waals surface area (Å²) in [6.07, 6.45) is -1.23. The molecule has 100 valence electrons. The summed E-state index contributed by atoms with van der Waals surface area (Å²) in [6.45, 7) is -0.300. The molecule has 0 fully saturated rings. The molecule has 0 atom stereocenters. The van der Waals surface area contributed by atoms with E-state index in [9.17, 15) is 13.2 Å². The summed E-state index contributed by atoms with van der Waals surface area (Å²) in [5.41, 5.74) is 1.07. The van der Waals surface area contributed by atoms with Gasteiger partial charge in [0.2, 0.25) is 5.82 Å². The van der Waals surface area contributed by atoms with E-state index in [0.29, 0.717) is 16.8 Å². The zero-order valence-electron chi connectivity index (χ0n) is 9.32. The molecule has 0 bridgehead atoms. The Morgan fingerprint density at radius 2 is 1.74 bits per heavy atom. The molecular formula is C11H7ClF3N3O. The van der Waals surface area contributed by atoms with E-state index in [4.69, 9.17) is 16.7 Å². The van der Waals surface area contributed by atoms with E-state index in [1.807, 2.05) is 0 Å². The minimum absolute atomic E-state index is 0.237. The second kappa shape index (κ2) is 5.10. The van der Waals surface area contributed by atoms with Crippen molar-refractivity contribution in [3.05, 3.63) is 41.2 Å². The van der Waals surface area contributed by atoms with Gasteiger partial charge in [-0.25, -0.2) is 9.97 Å². The molecule has 2 rings (SSSR count). The highest BCUT2D eigenvalue weighted by molar-refractivity contribution is 6.33. The second-order valence-corrected chi connectivity index (χ2v) is 4.01. The second-order valence-electron chi connectivity index (χ2n) is 3.61. The Balaban J connectivity index is 2.42. The average Bonchev–Trinajstić information content (AvgIpc) is 2.38. The first kappa shape index (κ1) is 13.7. The van der Waals surface area contributed by atoms with E-state index in [1.165, 1.54) is 12.3 Å². The number of aromatic nitrogens is 3. The number of alkyl halides is 3. The third-order valence-corrected chi connectivity index (χ3v) is 2.59. The quantitative estimate of drug-likeness (QED) is 0.923. The molecule has 0 amide bonds. The fourth-order valence-corrected chi connectivity index (χ4v) is 1.62. The number of pyridine rings is 1. The molecule has 0 saturated carbocycles. The van der Waals surface area contributed by atoms with Gasteiger partial charge in [-0.3, -0.25) is 4.98 Å². The van der Waals surface area contributed by atoms with Gasteiger partial charge in [0, 0.05) is 29.7 Å². The predicted molar refractivity (Wildman–Crippen MR) is 61.2 cm³/mol.